The van der Waals surface area contributed by atoms with Crippen molar-refractivity contribution in [1.29, 1.82) is 0 Å². The van der Waals surface area contributed by atoms with Crippen LogP contribution in [-0.2, 0) is 0 Å². The maximum Gasteiger partial charge on any atom is 0.317 e. The minimum absolute atomic E-state index is 0.0462. The molecule has 1 aromatic heterocycles. The van der Waals surface area contributed by atoms with Crippen LogP contribution in [0.3, 0.4) is 0 Å². The fourth-order valence-electron chi connectivity index (χ4n) is 3.41. The number of rotatable bonds is 3. The van der Waals surface area contributed by atoms with Crippen LogP contribution in [0.1, 0.15) is 55.5 Å². The molecule has 1 aliphatic heterocycles. The summed E-state index contributed by atoms with van der Waals surface area (Å²) in [6.07, 6.45) is 0. The third-order valence-electron chi connectivity index (χ3n) is 4.50. The normalized spacial score (nSPS) is 15.3. The summed E-state index contributed by atoms with van der Waals surface area (Å²) in [5.41, 5.74) is 2.91. The fourth-order valence-corrected chi connectivity index (χ4v) is 3.41. The zero-order chi connectivity index (χ0) is 18.0. The van der Waals surface area contributed by atoms with Crippen LogP contribution >= 0.6 is 0 Å². The molecule has 1 N–H and O–H groups in total. The first-order valence-electron chi connectivity index (χ1n) is 8.75. The maximum atomic E-state index is 12.9. The van der Waals surface area contributed by atoms with E-state index in [-0.39, 0.29) is 18.0 Å². The second-order valence-corrected chi connectivity index (χ2v) is 7.13. The van der Waals surface area contributed by atoms with Gasteiger partial charge in [-0.2, -0.15) is 0 Å². The number of amides is 3. The van der Waals surface area contributed by atoms with Gasteiger partial charge in [-0.05, 0) is 47.6 Å². The van der Waals surface area contributed by atoms with Gasteiger partial charge in [-0.15, -0.1) is 0 Å². The molecule has 1 fully saturated rings. The molecule has 1 saturated heterocycles. The first-order valence-corrected chi connectivity index (χ1v) is 8.75. The van der Waals surface area contributed by atoms with Crippen molar-refractivity contribution in [3.8, 4) is 0 Å². The van der Waals surface area contributed by atoms with Gasteiger partial charge in [-0.1, -0.05) is 0 Å². The van der Waals surface area contributed by atoms with Crippen LogP contribution in [0.2, 0.25) is 0 Å². The van der Waals surface area contributed by atoms with E-state index in [1.807, 2.05) is 38.7 Å². The quantitative estimate of drug-likeness (QED) is 0.923. The zero-order valence-corrected chi connectivity index (χ0v) is 15.7. The van der Waals surface area contributed by atoms with Gasteiger partial charge in [-0.25, -0.2) is 4.79 Å². The third kappa shape index (κ3) is 3.74. The lowest BCUT2D eigenvalue weighted by atomic mass is 10.2. The first kappa shape index (κ1) is 18.4. The van der Waals surface area contributed by atoms with Crippen molar-refractivity contribution in [3.63, 3.8) is 0 Å². The number of aromatic nitrogens is 1. The van der Waals surface area contributed by atoms with E-state index in [0.29, 0.717) is 32.2 Å². The topological polar surface area (TPSA) is 57.6 Å². The number of nitrogens with zero attached hydrogens (tertiary/aromatic N) is 3. The van der Waals surface area contributed by atoms with Gasteiger partial charge in [0.2, 0.25) is 0 Å². The minimum Gasteiger partial charge on any atom is -0.346 e. The Hall–Kier alpha value is -1.98. The van der Waals surface area contributed by atoms with Crippen LogP contribution in [0.15, 0.2) is 6.07 Å². The van der Waals surface area contributed by atoms with Crippen LogP contribution in [0.4, 0.5) is 4.79 Å². The molecule has 0 bridgehead atoms. The summed E-state index contributed by atoms with van der Waals surface area (Å²) in [6.45, 7) is 14.5. The van der Waals surface area contributed by atoms with Crippen LogP contribution in [-0.4, -0.2) is 58.5 Å². The predicted octanol–water partition coefficient (Wildman–Crippen LogP) is 2.56. The van der Waals surface area contributed by atoms with Crippen molar-refractivity contribution in [3.05, 3.63) is 23.0 Å². The molecule has 0 atom stereocenters. The molecule has 2 rings (SSSR count). The molecule has 6 nitrogen and oxygen atoms in total. The first-order chi connectivity index (χ1) is 11.2. The van der Waals surface area contributed by atoms with Crippen molar-refractivity contribution in [1.82, 2.24) is 19.7 Å². The predicted molar refractivity (Wildman–Crippen MR) is 95.4 cm³/mol. The number of nitrogens with one attached hydrogen (secondary N) is 1. The molecule has 0 unspecified atom stereocenters. The largest absolute Gasteiger partial charge is 0.346 e. The number of aryl methyl sites for hydroxylation is 1. The van der Waals surface area contributed by atoms with Gasteiger partial charge in [0.1, 0.15) is 0 Å². The van der Waals surface area contributed by atoms with Crippen molar-refractivity contribution in [2.75, 3.05) is 26.2 Å². The van der Waals surface area contributed by atoms with Gasteiger partial charge in [0.25, 0.3) is 5.91 Å². The van der Waals surface area contributed by atoms with E-state index in [1.54, 1.807) is 4.90 Å². The molecule has 0 saturated carbocycles. The Bertz CT molecular complexity index is 611. The lowest BCUT2D eigenvalue weighted by Gasteiger charge is -2.35. The lowest BCUT2D eigenvalue weighted by Crippen LogP contribution is -2.54. The zero-order valence-electron chi connectivity index (χ0n) is 15.7. The van der Waals surface area contributed by atoms with Crippen molar-refractivity contribution in [2.24, 2.45) is 0 Å². The highest BCUT2D eigenvalue weighted by molar-refractivity contribution is 5.96. The Balaban J connectivity index is 2.03. The Morgan fingerprint density at radius 2 is 1.54 bits per heavy atom. The smallest absolute Gasteiger partial charge is 0.317 e. The number of urea groups is 1. The highest BCUT2D eigenvalue weighted by Gasteiger charge is 2.27. The molecule has 2 heterocycles. The van der Waals surface area contributed by atoms with E-state index in [1.165, 1.54) is 0 Å². The van der Waals surface area contributed by atoms with Crippen LogP contribution in [0, 0.1) is 13.8 Å². The second-order valence-electron chi connectivity index (χ2n) is 7.13. The van der Waals surface area contributed by atoms with Gasteiger partial charge < -0.3 is 19.7 Å². The fraction of sp³-hybridized carbons (Fsp3) is 0.667. The molecule has 1 aliphatic rings. The molecule has 6 heteroatoms. The van der Waals surface area contributed by atoms with Crippen molar-refractivity contribution >= 4 is 11.9 Å². The number of carbonyl (C=O) groups is 2. The van der Waals surface area contributed by atoms with Gasteiger partial charge in [-0.3, -0.25) is 4.79 Å². The van der Waals surface area contributed by atoms with E-state index >= 15 is 0 Å². The summed E-state index contributed by atoms with van der Waals surface area (Å²) in [7, 11) is 0. The Labute approximate surface area is 144 Å². The number of piperazine rings is 1. The molecule has 24 heavy (non-hydrogen) atoms. The molecule has 0 radical (unpaired) electrons. The number of carbonyl (C=O) groups excluding carboxylic acids is 2. The van der Waals surface area contributed by atoms with Gasteiger partial charge >= 0.3 is 6.03 Å². The maximum absolute atomic E-state index is 12.9. The summed E-state index contributed by atoms with van der Waals surface area (Å²) in [5.74, 6) is 0.0684. The Kier molecular flexibility index (Phi) is 5.57. The summed E-state index contributed by atoms with van der Waals surface area (Å²) in [4.78, 5) is 28.5. The molecule has 134 valence electrons. The van der Waals surface area contributed by atoms with Gasteiger partial charge in [0, 0.05) is 49.7 Å². The summed E-state index contributed by atoms with van der Waals surface area (Å²) >= 11 is 0. The average Bonchev–Trinajstić information content (AvgIpc) is 2.80. The Morgan fingerprint density at radius 3 is 2.00 bits per heavy atom. The molecule has 0 aromatic carbocycles. The molecule has 0 spiro atoms. The van der Waals surface area contributed by atoms with E-state index < -0.39 is 0 Å². The highest BCUT2D eigenvalue weighted by Crippen LogP contribution is 2.22. The lowest BCUT2D eigenvalue weighted by molar-refractivity contribution is 0.0663. The van der Waals surface area contributed by atoms with E-state index in [4.69, 9.17) is 0 Å². The molecular formula is C18H30N4O2. The monoisotopic (exact) mass is 334 g/mol. The molecular weight excluding hydrogens is 304 g/mol. The summed E-state index contributed by atoms with van der Waals surface area (Å²) in [5, 5.41) is 2.90. The van der Waals surface area contributed by atoms with Crippen LogP contribution in [0.5, 0.6) is 0 Å². The summed E-state index contributed by atoms with van der Waals surface area (Å²) < 4.78 is 2.19. The van der Waals surface area contributed by atoms with E-state index in [2.05, 4.69) is 23.7 Å². The Morgan fingerprint density at radius 1 is 1.00 bits per heavy atom. The molecule has 1 aromatic rings. The third-order valence-corrected chi connectivity index (χ3v) is 4.50. The average molecular weight is 334 g/mol. The number of hydrogen-bond acceptors (Lipinski definition) is 2. The van der Waals surface area contributed by atoms with Crippen LogP contribution < -0.4 is 5.32 Å². The molecule has 3 amide bonds. The van der Waals surface area contributed by atoms with Crippen LogP contribution in [0.25, 0.3) is 0 Å². The van der Waals surface area contributed by atoms with Crippen molar-refractivity contribution in [2.45, 2.75) is 53.6 Å². The summed E-state index contributed by atoms with van der Waals surface area (Å²) in [6, 6.07) is 2.40. The van der Waals surface area contributed by atoms with Gasteiger partial charge in [0.05, 0.1) is 5.56 Å². The van der Waals surface area contributed by atoms with E-state index in [0.717, 1.165) is 17.0 Å². The SMILES string of the molecule is Cc1cc(C(=O)N2CCN(C(=O)NC(C)C)CC2)c(C)n1C(C)C. The van der Waals surface area contributed by atoms with E-state index in [9.17, 15) is 9.59 Å². The van der Waals surface area contributed by atoms with Gasteiger partial charge in [0.15, 0.2) is 0 Å². The second kappa shape index (κ2) is 7.28. The minimum atomic E-state index is -0.0462. The highest BCUT2D eigenvalue weighted by atomic mass is 16.2. The standard InChI is InChI=1S/C18H30N4O2/c1-12(2)19-18(24)21-9-7-20(8-10-21)17(23)16-11-14(5)22(13(3)4)15(16)6/h11-13H,7-10H2,1-6H3,(H,19,24). The van der Waals surface area contributed by atoms with Crippen molar-refractivity contribution < 1.29 is 9.59 Å². The molecule has 0 aliphatic carbocycles. The number of hydrogen-bond donors (Lipinski definition) is 1.